The first kappa shape index (κ1) is 29.3. The number of nitrogens with one attached hydrogen (secondary N) is 2. The minimum absolute atomic E-state index is 0.375. The number of benzene rings is 2. The van der Waals surface area contributed by atoms with Crippen molar-refractivity contribution in [1.29, 1.82) is 0 Å². The van der Waals surface area contributed by atoms with E-state index in [1.54, 1.807) is 31.1 Å². The van der Waals surface area contributed by atoms with Crippen LogP contribution in [0.3, 0.4) is 0 Å². The van der Waals surface area contributed by atoms with Crippen molar-refractivity contribution in [1.82, 2.24) is 29.5 Å². The van der Waals surface area contributed by atoms with Crippen LogP contribution in [-0.2, 0) is 9.47 Å². The largest absolute Gasteiger partial charge is 0.378 e. The van der Waals surface area contributed by atoms with Crippen LogP contribution in [0.4, 0.5) is 34.4 Å². The van der Waals surface area contributed by atoms with Gasteiger partial charge in [-0.3, -0.25) is 14.5 Å². The number of morpholine rings is 2. The van der Waals surface area contributed by atoms with E-state index in [9.17, 15) is 0 Å². The zero-order valence-corrected chi connectivity index (χ0v) is 24.8. The molecule has 2 aromatic carbocycles. The van der Waals surface area contributed by atoms with E-state index in [1.807, 2.05) is 22.9 Å². The van der Waals surface area contributed by atoms with E-state index in [0.717, 1.165) is 69.8 Å². The van der Waals surface area contributed by atoms with Gasteiger partial charge in [0.2, 0.25) is 0 Å². The van der Waals surface area contributed by atoms with E-state index >= 15 is 0 Å². The Kier molecular flexibility index (Phi) is 9.72. The molecule has 2 N–H and O–H groups in total. The van der Waals surface area contributed by atoms with Crippen LogP contribution in [0.1, 0.15) is 0 Å². The summed E-state index contributed by atoms with van der Waals surface area (Å²) in [6.45, 7) is 6.90. The lowest BCUT2D eigenvalue weighted by atomic mass is 10.2. The van der Waals surface area contributed by atoms with E-state index in [0.29, 0.717) is 16.8 Å². The number of imidazole rings is 1. The van der Waals surface area contributed by atoms with Crippen LogP contribution in [0, 0.1) is 0 Å². The third kappa shape index (κ3) is 7.98. The van der Waals surface area contributed by atoms with E-state index in [-0.39, 0.29) is 0 Å². The van der Waals surface area contributed by atoms with Crippen molar-refractivity contribution in [2.24, 2.45) is 0 Å². The average molecular weight is 613 g/mol. The molecule has 5 heterocycles. The van der Waals surface area contributed by atoms with Crippen molar-refractivity contribution in [2.75, 3.05) is 73.0 Å². The molecule has 12 nitrogen and oxygen atoms in total. The van der Waals surface area contributed by atoms with Gasteiger partial charge in [-0.15, -0.1) is 0 Å². The van der Waals surface area contributed by atoms with Gasteiger partial charge in [-0.1, -0.05) is 11.6 Å². The van der Waals surface area contributed by atoms with Crippen LogP contribution in [0.5, 0.6) is 0 Å². The topological polar surface area (TPSA) is 118 Å². The summed E-state index contributed by atoms with van der Waals surface area (Å²) in [5.41, 5.74) is 4.35. The fourth-order valence-corrected chi connectivity index (χ4v) is 4.93. The lowest BCUT2D eigenvalue weighted by molar-refractivity contribution is 0.122. The maximum Gasteiger partial charge on any atom is 0.158 e. The molecule has 0 saturated carbocycles. The Labute approximate surface area is 260 Å². The first-order valence-electron chi connectivity index (χ1n) is 14.4. The normalized spacial score (nSPS) is 14.8. The van der Waals surface area contributed by atoms with Gasteiger partial charge in [0.05, 0.1) is 51.2 Å². The molecule has 13 heteroatoms. The maximum atomic E-state index is 5.81. The fraction of sp³-hybridized carbons (Fsp3) is 0.258. The Bertz CT molecular complexity index is 1590. The van der Waals surface area contributed by atoms with E-state index < -0.39 is 0 Å². The first-order valence-corrected chi connectivity index (χ1v) is 14.7. The highest BCUT2D eigenvalue weighted by atomic mass is 35.5. The van der Waals surface area contributed by atoms with Crippen molar-refractivity contribution in [3.63, 3.8) is 0 Å². The summed E-state index contributed by atoms with van der Waals surface area (Å²) in [6, 6.07) is 16.5. The Morgan fingerprint density at radius 1 is 0.614 bits per heavy atom. The molecule has 0 bridgehead atoms. The molecule has 2 saturated heterocycles. The number of nitrogens with zero attached hydrogens (tertiary/aromatic N) is 8. The van der Waals surface area contributed by atoms with Crippen LogP contribution in [-0.4, -0.2) is 82.1 Å². The van der Waals surface area contributed by atoms with Crippen molar-refractivity contribution in [2.45, 2.75) is 0 Å². The maximum absolute atomic E-state index is 5.81. The van der Waals surface area contributed by atoms with Crippen LogP contribution in [0.2, 0.25) is 5.15 Å². The number of halogens is 1. The van der Waals surface area contributed by atoms with Gasteiger partial charge < -0.3 is 29.9 Å². The van der Waals surface area contributed by atoms with Gasteiger partial charge in [0.1, 0.15) is 11.5 Å². The lowest BCUT2D eigenvalue weighted by Crippen LogP contribution is -2.36. The number of ether oxygens (including phenoxy) is 2. The molecule has 226 valence electrons. The second-order valence-electron chi connectivity index (χ2n) is 10.0. The molecule has 0 spiro atoms. The zero-order valence-electron chi connectivity index (χ0n) is 24.1. The first-order chi connectivity index (χ1) is 21.7. The number of aromatic nitrogens is 6. The number of rotatable bonds is 7. The third-order valence-electron chi connectivity index (χ3n) is 7.03. The molecule has 3 aromatic heterocycles. The Balaban J connectivity index is 0.000000159. The van der Waals surface area contributed by atoms with Crippen LogP contribution >= 0.6 is 11.6 Å². The molecule has 0 radical (unpaired) electrons. The van der Waals surface area contributed by atoms with Gasteiger partial charge in [-0.25, -0.2) is 15.0 Å². The van der Waals surface area contributed by atoms with E-state index in [4.69, 9.17) is 21.1 Å². The monoisotopic (exact) mass is 612 g/mol. The quantitative estimate of drug-likeness (QED) is 0.260. The SMILES string of the molecule is Clc1cncc(Nc2ccc(N3CCOCC3)cc2)n1.c1cn(-c2cncc(Nc3ccc(N4CCOCC4)cc3)n2)cn1. The summed E-state index contributed by atoms with van der Waals surface area (Å²) in [7, 11) is 0. The molecule has 2 aliphatic heterocycles. The number of hydrogen-bond acceptors (Lipinski definition) is 11. The standard InChI is InChI=1S/C17H18N6O.C14H15ClN4O/c1-3-15(22-7-9-24-10-8-22)4-2-14(1)20-16-11-19-12-17(21-16)23-6-5-18-13-23;15-13-9-16-10-14(18-13)17-11-1-3-12(4-2-11)19-5-7-20-8-6-19/h1-6,11-13H,7-10H2,(H,20,21);1-4,9-10H,5-8H2,(H,17,18). The van der Waals surface area contributed by atoms with Gasteiger partial charge in [0, 0.05) is 61.3 Å². The van der Waals surface area contributed by atoms with Crippen LogP contribution < -0.4 is 20.4 Å². The third-order valence-corrected chi connectivity index (χ3v) is 7.21. The highest BCUT2D eigenvalue weighted by Crippen LogP contribution is 2.23. The van der Waals surface area contributed by atoms with Gasteiger partial charge in [-0.05, 0) is 48.5 Å². The van der Waals surface area contributed by atoms with Crippen LogP contribution in [0.25, 0.3) is 5.82 Å². The molecular formula is C31H33ClN10O2. The molecule has 0 atom stereocenters. The Morgan fingerprint density at radius 3 is 1.64 bits per heavy atom. The van der Waals surface area contributed by atoms with E-state index in [1.165, 1.54) is 17.6 Å². The van der Waals surface area contributed by atoms with Crippen LogP contribution in [0.15, 0.2) is 92.0 Å². The summed E-state index contributed by atoms with van der Waals surface area (Å²) < 4.78 is 12.6. The predicted octanol–water partition coefficient (Wildman–Crippen LogP) is 4.95. The summed E-state index contributed by atoms with van der Waals surface area (Å²) >= 11 is 5.81. The van der Waals surface area contributed by atoms with Gasteiger partial charge >= 0.3 is 0 Å². The summed E-state index contributed by atoms with van der Waals surface area (Å²) in [5.74, 6) is 2.05. The Hall–Kier alpha value is -4.78. The van der Waals surface area contributed by atoms with Crippen molar-refractivity contribution >= 4 is 46.0 Å². The van der Waals surface area contributed by atoms with E-state index in [2.05, 4.69) is 81.8 Å². The molecule has 2 fully saturated rings. The van der Waals surface area contributed by atoms with Crippen molar-refractivity contribution in [3.05, 3.63) is 97.2 Å². The molecule has 0 amide bonds. The summed E-state index contributed by atoms with van der Waals surface area (Å²) in [6.07, 6.45) is 11.8. The van der Waals surface area contributed by atoms with Crippen molar-refractivity contribution in [3.8, 4) is 5.82 Å². The number of hydrogen-bond donors (Lipinski definition) is 2. The lowest BCUT2D eigenvalue weighted by Gasteiger charge is -2.28. The molecule has 5 aromatic rings. The molecule has 44 heavy (non-hydrogen) atoms. The summed E-state index contributed by atoms with van der Waals surface area (Å²) in [5, 5.41) is 6.83. The second kappa shape index (κ2) is 14.6. The second-order valence-corrected chi connectivity index (χ2v) is 10.4. The minimum Gasteiger partial charge on any atom is -0.378 e. The fourth-order valence-electron chi connectivity index (χ4n) is 4.79. The minimum atomic E-state index is 0.375. The Morgan fingerprint density at radius 2 is 1.14 bits per heavy atom. The molecular weight excluding hydrogens is 580 g/mol. The molecule has 2 aliphatic rings. The molecule has 0 aliphatic carbocycles. The average Bonchev–Trinajstić information content (AvgIpc) is 3.63. The van der Waals surface area contributed by atoms with Gasteiger partial charge in [0.25, 0.3) is 0 Å². The molecule has 0 unspecified atom stereocenters. The summed E-state index contributed by atoms with van der Waals surface area (Å²) in [4.78, 5) is 25.6. The molecule has 7 rings (SSSR count). The highest BCUT2D eigenvalue weighted by Gasteiger charge is 2.12. The smallest absolute Gasteiger partial charge is 0.158 e. The predicted molar refractivity (Wildman–Crippen MR) is 172 cm³/mol. The van der Waals surface area contributed by atoms with Crippen molar-refractivity contribution < 1.29 is 9.47 Å². The van der Waals surface area contributed by atoms with Gasteiger partial charge in [0.15, 0.2) is 17.5 Å². The van der Waals surface area contributed by atoms with Gasteiger partial charge in [-0.2, -0.15) is 0 Å². The highest BCUT2D eigenvalue weighted by molar-refractivity contribution is 6.29. The zero-order chi connectivity index (χ0) is 30.0. The number of anilines is 6.